The molecule has 0 aliphatic carbocycles. The molecule has 88 valence electrons. The van der Waals surface area contributed by atoms with Gasteiger partial charge in [0.1, 0.15) is 11.6 Å². The third kappa shape index (κ3) is 2.00. The van der Waals surface area contributed by atoms with Crippen LogP contribution >= 0.6 is 0 Å². The normalized spacial score (nSPS) is 15.8. The summed E-state index contributed by atoms with van der Waals surface area (Å²) in [5.74, 6) is -1.14. The van der Waals surface area contributed by atoms with Crippen molar-refractivity contribution >= 4 is 5.70 Å². The Hall–Kier alpha value is -1.90. The smallest absolute Gasteiger partial charge is 0.135 e. The first-order valence-electron chi connectivity index (χ1n) is 5.27. The lowest BCUT2D eigenvalue weighted by Gasteiger charge is -2.28. The third-order valence-corrected chi connectivity index (χ3v) is 2.92. The van der Waals surface area contributed by atoms with E-state index in [1.54, 1.807) is 11.0 Å². The van der Waals surface area contributed by atoms with Crippen LogP contribution in [0.5, 0.6) is 0 Å². The lowest BCUT2D eigenvalue weighted by atomic mass is 10.0. The molecule has 2 rings (SSSR count). The van der Waals surface area contributed by atoms with Crippen molar-refractivity contribution in [3.63, 3.8) is 0 Å². The summed E-state index contributed by atoms with van der Waals surface area (Å²) < 4.78 is 26.5. The zero-order valence-corrected chi connectivity index (χ0v) is 9.80. The number of hydrogen-bond donors (Lipinski definition) is 0. The lowest BCUT2D eigenvalue weighted by molar-refractivity contribution is 0.563. The van der Waals surface area contributed by atoms with Gasteiger partial charge in [-0.1, -0.05) is 12.7 Å². The molecule has 1 nitrogen and oxygen atoms in total. The Morgan fingerprint density at radius 2 is 1.88 bits per heavy atom. The van der Waals surface area contributed by atoms with Gasteiger partial charge in [-0.3, -0.25) is 0 Å². The van der Waals surface area contributed by atoms with Crippen LogP contribution in [0.3, 0.4) is 0 Å². The van der Waals surface area contributed by atoms with Crippen LogP contribution in [0.2, 0.25) is 0 Å². The van der Waals surface area contributed by atoms with Gasteiger partial charge in [-0.2, -0.15) is 0 Å². The fraction of sp³-hybridized carbons (Fsp3) is 0.143. The predicted octanol–water partition coefficient (Wildman–Crippen LogP) is 3.71. The summed E-state index contributed by atoms with van der Waals surface area (Å²) in [6.45, 7) is 5.86. The molecule has 0 fully saturated rings. The summed E-state index contributed by atoms with van der Waals surface area (Å²) in [4.78, 5) is 1.80. The molecule has 0 amide bonds. The largest absolute Gasteiger partial charge is 0.344 e. The minimum Gasteiger partial charge on any atom is -0.344 e. The second kappa shape index (κ2) is 4.17. The molecule has 1 aliphatic heterocycles. The molecule has 1 heterocycles. The minimum atomic E-state index is -0.573. The number of halogens is 2. The van der Waals surface area contributed by atoms with Gasteiger partial charge in [0.25, 0.3) is 0 Å². The first-order chi connectivity index (χ1) is 8.00. The number of rotatable bonds is 1. The highest BCUT2D eigenvalue weighted by molar-refractivity contribution is 5.70. The van der Waals surface area contributed by atoms with Crippen LogP contribution in [0, 0.1) is 11.6 Å². The Labute approximate surface area is 99.4 Å². The highest BCUT2D eigenvalue weighted by Gasteiger charge is 2.18. The topological polar surface area (TPSA) is 3.24 Å². The molecule has 0 unspecified atom stereocenters. The maximum atomic E-state index is 13.7. The van der Waals surface area contributed by atoms with Gasteiger partial charge in [0.15, 0.2) is 0 Å². The van der Waals surface area contributed by atoms with Gasteiger partial charge in [0.05, 0.1) is 5.70 Å². The quantitative estimate of drug-likeness (QED) is 0.714. The van der Waals surface area contributed by atoms with Crippen molar-refractivity contribution in [2.45, 2.75) is 6.92 Å². The van der Waals surface area contributed by atoms with E-state index in [4.69, 9.17) is 0 Å². The molecule has 1 aromatic carbocycles. The molecular formula is C14H13F2N. The number of hydrogen-bond acceptors (Lipinski definition) is 1. The fourth-order valence-electron chi connectivity index (χ4n) is 1.79. The van der Waals surface area contributed by atoms with E-state index in [2.05, 4.69) is 6.58 Å². The number of nitrogens with zero attached hydrogens (tertiary/aromatic N) is 1. The van der Waals surface area contributed by atoms with Crippen molar-refractivity contribution in [1.82, 2.24) is 4.90 Å². The Morgan fingerprint density at radius 3 is 2.53 bits per heavy atom. The molecule has 0 aromatic heterocycles. The van der Waals surface area contributed by atoms with E-state index in [0.717, 1.165) is 17.3 Å². The maximum Gasteiger partial charge on any atom is 0.135 e. The first kappa shape index (κ1) is 11.6. The van der Waals surface area contributed by atoms with E-state index in [9.17, 15) is 8.78 Å². The summed E-state index contributed by atoms with van der Waals surface area (Å²) in [5.41, 5.74) is 2.89. The molecular weight excluding hydrogens is 220 g/mol. The number of benzene rings is 1. The van der Waals surface area contributed by atoms with Gasteiger partial charge in [-0.05, 0) is 30.7 Å². The Kier molecular flexibility index (Phi) is 2.84. The molecule has 0 bridgehead atoms. The van der Waals surface area contributed by atoms with Gasteiger partial charge in [-0.25, -0.2) is 8.78 Å². The van der Waals surface area contributed by atoms with E-state index in [0.29, 0.717) is 11.3 Å². The number of likely N-dealkylation sites (N-methyl/N-ethyl adjacent to an activating group) is 1. The van der Waals surface area contributed by atoms with Crippen LogP contribution in [-0.4, -0.2) is 11.9 Å². The molecule has 0 spiro atoms. The van der Waals surface area contributed by atoms with Crippen LogP contribution in [-0.2, 0) is 0 Å². The standard InChI is InChI=1S/C14H13F2N/c1-9-4-7-14(17(3)10(9)2)12-6-5-11(15)8-13(12)16/h4-8H,2H2,1,3H3. The second-order valence-electron chi connectivity index (χ2n) is 4.03. The van der Waals surface area contributed by atoms with Crippen LogP contribution in [0.4, 0.5) is 8.78 Å². The predicted molar refractivity (Wildman–Crippen MR) is 65.0 cm³/mol. The molecule has 0 saturated carbocycles. The summed E-state index contributed by atoms with van der Waals surface area (Å²) in [6.07, 6.45) is 3.68. The Bertz CT molecular complexity index is 541. The fourth-order valence-corrected chi connectivity index (χ4v) is 1.79. The first-order valence-corrected chi connectivity index (χ1v) is 5.27. The number of allylic oxidation sites excluding steroid dienone is 3. The Balaban J connectivity index is 2.51. The SMILES string of the molecule is C=C1C(C)=CC=C(c2ccc(F)cc2F)N1C. The zero-order chi connectivity index (χ0) is 12.6. The van der Waals surface area contributed by atoms with Crippen molar-refractivity contribution < 1.29 is 8.78 Å². The van der Waals surface area contributed by atoms with E-state index in [-0.39, 0.29) is 0 Å². The average Bonchev–Trinajstić information content (AvgIpc) is 2.28. The summed E-state index contributed by atoms with van der Waals surface area (Å²) in [5, 5.41) is 0. The van der Waals surface area contributed by atoms with Crippen molar-refractivity contribution in [3.8, 4) is 0 Å². The van der Waals surface area contributed by atoms with Crippen molar-refractivity contribution in [2.24, 2.45) is 0 Å². The summed E-state index contributed by atoms with van der Waals surface area (Å²) >= 11 is 0. The monoisotopic (exact) mass is 233 g/mol. The molecule has 0 N–H and O–H groups in total. The third-order valence-electron chi connectivity index (χ3n) is 2.92. The highest BCUT2D eigenvalue weighted by atomic mass is 19.1. The van der Waals surface area contributed by atoms with Crippen molar-refractivity contribution in [1.29, 1.82) is 0 Å². The van der Waals surface area contributed by atoms with Crippen molar-refractivity contribution in [3.05, 3.63) is 65.4 Å². The lowest BCUT2D eigenvalue weighted by Crippen LogP contribution is -2.19. The second-order valence-corrected chi connectivity index (χ2v) is 4.03. The van der Waals surface area contributed by atoms with Gasteiger partial charge in [-0.15, -0.1) is 0 Å². The van der Waals surface area contributed by atoms with Crippen LogP contribution < -0.4 is 0 Å². The molecule has 0 radical (unpaired) electrons. The van der Waals surface area contributed by atoms with E-state index >= 15 is 0 Å². The van der Waals surface area contributed by atoms with Gasteiger partial charge < -0.3 is 4.90 Å². The summed E-state index contributed by atoms with van der Waals surface area (Å²) in [6, 6.07) is 3.58. The molecule has 1 aliphatic rings. The van der Waals surface area contributed by atoms with Gasteiger partial charge >= 0.3 is 0 Å². The zero-order valence-electron chi connectivity index (χ0n) is 9.80. The molecule has 0 atom stereocenters. The molecule has 3 heteroatoms. The van der Waals surface area contributed by atoms with Crippen molar-refractivity contribution in [2.75, 3.05) is 7.05 Å². The molecule has 17 heavy (non-hydrogen) atoms. The maximum absolute atomic E-state index is 13.7. The van der Waals surface area contributed by atoms with Crippen LogP contribution in [0.1, 0.15) is 12.5 Å². The Morgan fingerprint density at radius 1 is 1.18 bits per heavy atom. The van der Waals surface area contributed by atoms with E-state index in [1.807, 2.05) is 20.0 Å². The summed E-state index contributed by atoms with van der Waals surface area (Å²) in [7, 11) is 1.81. The molecule has 0 saturated heterocycles. The van der Waals surface area contributed by atoms with Gasteiger partial charge in [0.2, 0.25) is 0 Å². The highest BCUT2D eigenvalue weighted by Crippen LogP contribution is 2.30. The van der Waals surface area contributed by atoms with E-state index in [1.165, 1.54) is 12.1 Å². The van der Waals surface area contributed by atoms with Gasteiger partial charge in [0, 0.05) is 24.4 Å². The minimum absolute atomic E-state index is 0.374. The van der Waals surface area contributed by atoms with Crippen LogP contribution in [0.25, 0.3) is 5.70 Å². The van der Waals surface area contributed by atoms with E-state index < -0.39 is 11.6 Å². The van der Waals surface area contributed by atoms with Crippen LogP contribution in [0.15, 0.2) is 48.2 Å². The molecule has 1 aromatic rings. The average molecular weight is 233 g/mol.